The molecule has 144 valence electrons. The van der Waals surface area contributed by atoms with Crippen LogP contribution in [0.2, 0.25) is 5.02 Å². The minimum Gasteiger partial charge on any atom is -0.421 e. The third-order valence-corrected chi connectivity index (χ3v) is 4.31. The topological polar surface area (TPSA) is 64.1 Å². The zero-order valence-corrected chi connectivity index (χ0v) is 15.8. The largest absolute Gasteiger partial charge is 0.421 e. The van der Waals surface area contributed by atoms with E-state index in [1.807, 2.05) is 0 Å². The molecule has 8 heteroatoms. The van der Waals surface area contributed by atoms with Crippen LogP contribution in [0.1, 0.15) is 17.0 Å². The molecule has 1 aromatic heterocycles. The van der Waals surface area contributed by atoms with Crippen LogP contribution < -0.4 is 10.1 Å². The smallest absolute Gasteiger partial charge is 0.322 e. The average Bonchev–Trinajstić information content (AvgIpc) is 2.63. The second-order valence-corrected chi connectivity index (χ2v) is 6.42. The van der Waals surface area contributed by atoms with Gasteiger partial charge in [0, 0.05) is 10.6 Å². The van der Waals surface area contributed by atoms with Crippen LogP contribution >= 0.6 is 11.6 Å². The highest BCUT2D eigenvalue weighted by Crippen LogP contribution is 2.26. The highest BCUT2D eigenvalue weighted by atomic mass is 35.5. The number of hydrogen-bond acceptors (Lipinski definition) is 4. The molecular weight excluding hydrogens is 388 g/mol. The van der Waals surface area contributed by atoms with Crippen LogP contribution in [0.5, 0.6) is 11.8 Å². The van der Waals surface area contributed by atoms with E-state index in [1.165, 1.54) is 30.3 Å². The van der Waals surface area contributed by atoms with Crippen LogP contribution in [0.4, 0.5) is 14.5 Å². The van der Waals surface area contributed by atoms with Crippen molar-refractivity contribution in [2.24, 2.45) is 0 Å². The maximum absolute atomic E-state index is 13.9. The molecule has 3 aromatic rings. The molecule has 1 heterocycles. The number of hydrogen-bond donors (Lipinski definition) is 1. The normalized spacial score (nSPS) is 10.6. The number of benzene rings is 2. The Hall–Kier alpha value is -3.06. The van der Waals surface area contributed by atoms with Crippen LogP contribution in [0.3, 0.4) is 0 Å². The van der Waals surface area contributed by atoms with Crippen LogP contribution in [0.25, 0.3) is 0 Å². The van der Waals surface area contributed by atoms with E-state index in [0.717, 1.165) is 0 Å². The molecule has 0 spiro atoms. The van der Waals surface area contributed by atoms with E-state index >= 15 is 0 Å². The first-order valence-corrected chi connectivity index (χ1v) is 8.73. The third kappa shape index (κ3) is 4.43. The van der Waals surface area contributed by atoms with E-state index in [0.29, 0.717) is 17.1 Å². The number of amides is 1. The van der Waals surface area contributed by atoms with Crippen LogP contribution in [0, 0.1) is 25.5 Å². The number of ether oxygens (including phenoxy) is 1. The van der Waals surface area contributed by atoms with Gasteiger partial charge in [-0.2, -0.15) is 9.97 Å². The molecule has 1 N–H and O–H groups in total. The number of aromatic nitrogens is 2. The summed E-state index contributed by atoms with van der Waals surface area (Å²) in [5.74, 6) is -1.57. The van der Waals surface area contributed by atoms with Gasteiger partial charge in [-0.05, 0) is 38.1 Å². The highest BCUT2D eigenvalue weighted by molar-refractivity contribution is 6.31. The van der Waals surface area contributed by atoms with Crippen molar-refractivity contribution in [1.29, 1.82) is 0 Å². The van der Waals surface area contributed by atoms with Crippen molar-refractivity contribution in [3.63, 3.8) is 0 Å². The quantitative estimate of drug-likeness (QED) is 0.651. The summed E-state index contributed by atoms with van der Waals surface area (Å²) in [7, 11) is 0. The van der Waals surface area contributed by atoms with Gasteiger partial charge in [0.05, 0.1) is 23.5 Å². The predicted molar refractivity (Wildman–Crippen MR) is 102 cm³/mol. The van der Waals surface area contributed by atoms with E-state index in [2.05, 4.69) is 15.3 Å². The third-order valence-electron chi connectivity index (χ3n) is 3.95. The summed E-state index contributed by atoms with van der Waals surface area (Å²) in [6, 6.07) is 10.1. The zero-order chi connectivity index (χ0) is 20.3. The van der Waals surface area contributed by atoms with Gasteiger partial charge in [0.2, 0.25) is 5.91 Å². The van der Waals surface area contributed by atoms with Crippen molar-refractivity contribution >= 4 is 23.2 Å². The Bertz CT molecular complexity index is 1000. The molecule has 1 amide bonds. The van der Waals surface area contributed by atoms with E-state index in [4.69, 9.17) is 16.3 Å². The number of carbonyl (C=O) groups is 1. The van der Waals surface area contributed by atoms with Gasteiger partial charge in [-0.25, -0.2) is 8.78 Å². The Labute approximate surface area is 165 Å². The summed E-state index contributed by atoms with van der Waals surface area (Å²) in [6.07, 6.45) is -0.238. The number of anilines is 1. The molecule has 0 fully saturated rings. The van der Waals surface area contributed by atoms with E-state index in [9.17, 15) is 13.6 Å². The maximum Gasteiger partial charge on any atom is 0.322 e. The summed E-state index contributed by atoms with van der Waals surface area (Å²) >= 11 is 5.96. The summed E-state index contributed by atoms with van der Waals surface area (Å²) < 4.78 is 33.0. The Morgan fingerprint density at radius 3 is 2.32 bits per heavy atom. The van der Waals surface area contributed by atoms with Crippen molar-refractivity contribution in [3.8, 4) is 11.8 Å². The van der Waals surface area contributed by atoms with Crippen LogP contribution in [-0.2, 0) is 11.2 Å². The van der Waals surface area contributed by atoms with Crippen molar-refractivity contribution in [2.75, 3.05) is 5.32 Å². The van der Waals surface area contributed by atoms with Gasteiger partial charge < -0.3 is 10.1 Å². The molecule has 0 bridgehead atoms. The molecule has 0 atom stereocenters. The molecule has 0 radical (unpaired) electrons. The first kappa shape index (κ1) is 19.7. The van der Waals surface area contributed by atoms with Crippen molar-refractivity contribution < 1.29 is 18.3 Å². The molecule has 5 nitrogen and oxygen atoms in total. The number of rotatable bonds is 5. The molecular formula is C20H16ClF2N3O2. The molecule has 3 rings (SSSR count). The van der Waals surface area contributed by atoms with Gasteiger partial charge in [0.25, 0.3) is 0 Å². The number of nitrogens with one attached hydrogen (secondary N) is 1. The summed E-state index contributed by atoms with van der Waals surface area (Å²) in [5.41, 5.74) is 1.33. The molecule has 0 saturated carbocycles. The van der Waals surface area contributed by atoms with Gasteiger partial charge in [0.1, 0.15) is 5.82 Å². The van der Waals surface area contributed by atoms with E-state index in [-0.39, 0.29) is 28.8 Å². The van der Waals surface area contributed by atoms with Crippen molar-refractivity contribution in [1.82, 2.24) is 9.97 Å². The second kappa shape index (κ2) is 8.31. The van der Waals surface area contributed by atoms with Crippen molar-refractivity contribution in [3.05, 3.63) is 76.1 Å². The zero-order valence-electron chi connectivity index (χ0n) is 15.1. The highest BCUT2D eigenvalue weighted by Gasteiger charge is 2.16. The number of nitrogens with zero attached hydrogens (tertiary/aromatic N) is 2. The molecule has 0 unspecified atom stereocenters. The molecule has 2 aromatic carbocycles. The molecule has 0 saturated heterocycles. The van der Waals surface area contributed by atoms with E-state index < -0.39 is 17.5 Å². The molecule has 0 aliphatic carbocycles. The van der Waals surface area contributed by atoms with Crippen LogP contribution in [0.15, 0.2) is 42.5 Å². The summed E-state index contributed by atoms with van der Waals surface area (Å²) in [5, 5.41) is 2.84. The van der Waals surface area contributed by atoms with E-state index in [1.54, 1.807) is 26.0 Å². The first-order valence-electron chi connectivity index (χ1n) is 8.35. The van der Waals surface area contributed by atoms with Crippen molar-refractivity contribution in [2.45, 2.75) is 20.3 Å². The fraction of sp³-hybridized carbons (Fsp3) is 0.150. The van der Waals surface area contributed by atoms with Gasteiger partial charge >= 0.3 is 6.01 Å². The fourth-order valence-electron chi connectivity index (χ4n) is 2.58. The Morgan fingerprint density at radius 2 is 1.68 bits per heavy atom. The number of halogens is 3. The molecule has 28 heavy (non-hydrogen) atoms. The standard InChI is InChI=1S/C20H16ClF2N3O2/c1-11-19(26-18(27)10-13-14(21)6-5-8-15(13)22)12(2)25-20(24-11)28-17-9-4-3-7-16(17)23/h3-9H,10H2,1-2H3,(H,26,27). The summed E-state index contributed by atoms with van der Waals surface area (Å²) in [4.78, 5) is 20.6. The lowest BCUT2D eigenvalue weighted by atomic mass is 10.1. The Balaban J connectivity index is 1.78. The average molecular weight is 404 g/mol. The van der Waals surface area contributed by atoms with Gasteiger partial charge in [0.15, 0.2) is 11.6 Å². The Kier molecular flexibility index (Phi) is 5.84. The SMILES string of the molecule is Cc1nc(Oc2ccccc2F)nc(C)c1NC(=O)Cc1c(F)cccc1Cl. The van der Waals surface area contributed by atoms with Crippen LogP contribution in [-0.4, -0.2) is 15.9 Å². The second-order valence-electron chi connectivity index (χ2n) is 6.01. The first-order chi connectivity index (χ1) is 13.3. The summed E-state index contributed by atoms with van der Waals surface area (Å²) in [6.45, 7) is 3.29. The van der Waals surface area contributed by atoms with Gasteiger partial charge in [-0.3, -0.25) is 4.79 Å². The monoisotopic (exact) mass is 403 g/mol. The number of aryl methyl sites for hydroxylation is 2. The predicted octanol–water partition coefficient (Wildman–Crippen LogP) is 5.00. The lowest BCUT2D eigenvalue weighted by Crippen LogP contribution is -2.18. The van der Waals surface area contributed by atoms with Gasteiger partial charge in [-0.15, -0.1) is 0 Å². The number of carbonyl (C=O) groups excluding carboxylic acids is 1. The molecule has 0 aliphatic rings. The Morgan fingerprint density at radius 1 is 1.04 bits per heavy atom. The van der Waals surface area contributed by atoms with Gasteiger partial charge in [-0.1, -0.05) is 29.8 Å². The maximum atomic E-state index is 13.9. The molecule has 0 aliphatic heterocycles. The lowest BCUT2D eigenvalue weighted by Gasteiger charge is -2.13. The minimum atomic E-state index is -0.555. The lowest BCUT2D eigenvalue weighted by molar-refractivity contribution is -0.115. The fourth-order valence-corrected chi connectivity index (χ4v) is 2.81. The minimum absolute atomic E-state index is 0.00715. The number of para-hydroxylation sites is 1.